The first kappa shape index (κ1) is 18.9. The number of benzene rings is 2. The normalized spacial score (nSPS) is 10.4. The van der Waals surface area contributed by atoms with Crippen LogP contribution in [0.5, 0.6) is 5.75 Å². The van der Waals surface area contributed by atoms with Gasteiger partial charge in [0.25, 0.3) is 5.91 Å². The molecule has 0 aromatic heterocycles. The Labute approximate surface area is 152 Å². The molecule has 0 unspecified atom stereocenters. The van der Waals surface area contributed by atoms with Crippen molar-refractivity contribution in [3.63, 3.8) is 0 Å². The molecule has 2 aromatic carbocycles. The van der Waals surface area contributed by atoms with Crippen molar-refractivity contribution in [2.45, 2.75) is 20.3 Å². The highest BCUT2D eigenvalue weighted by Crippen LogP contribution is 2.15. The first-order chi connectivity index (χ1) is 11.9. The molecule has 0 spiro atoms. The van der Waals surface area contributed by atoms with Crippen LogP contribution in [0.15, 0.2) is 48.5 Å². The van der Waals surface area contributed by atoms with Gasteiger partial charge in [0.2, 0.25) is 0 Å². The number of hydrogen-bond acceptors (Lipinski definition) is 3. The van der Waals surface area contributed by atoms with E-state index in [0.29, 0.717) is 29.5 Å². The minimum absolute atomic E-state index is 0.141. The quantitative estimate of drug-likeness (QED) is 0.751. The maximum atomic E-state index is 12.9. The highest BCUT2D eigenvalue weighted by molar-refractivity contribution is 7.80. The third-order valence-corrected chi connectivity index (χ3v) is 3.59. The van der Waals surface area contributed by atoms with E-state index in [0.717, 1.165) is 6.42 Å². The Morgan fingerprint density at radius 2 is 1.92 bits per heavy atom. The molecule has 25 heavy (non-hydrogen) atoms. The van der Waals surface area contributed by atoms with Gasteiger partial charge in [0.1, 0.15) is 11.6 Å². The monoisotopic (exact) mass is 360 g/mol. The molecule has 6 heteroatoms. The van der Waals surface area contributed by atoms with Gasteiger partial charge in [0.05, 0.1) is 6.61 Å². The summed E-state index contributed by atoms with van der Waals surface area (Å²) in [6.45, 7) is 4.86. The van der Waals surface area contributed by atoms with E-state index in [1.54, 1.807) is 18.2 Å². The second kappa shape index (κ2) is 9.13. The molecule has 0 bridgehead atoms. The van der Waals surface area contributed by atoms with Gasteiger partial charge >= 0.3 is 0 Å². The lowest BCUT2D eigenvalue weighted by atomic mass is 10.1. The first-order valence-electron chi connectivity index (χ1n) is 8.05. The number of ether oxygens (including phenoxy) is 1. The van der Waals surface area contributed by atoms with Crippen LogP contribution in [0.3, 0.4) is 0 Å². The molecular formula is C19H21FN2O2S. The Morgan fingerprint density at radius 1 is 1.20 bits per heavy atom. The van der Waals surface area contributed by atoms with Crippen molar-refractivity contribution in [2.24, 2.45) is 5.92 Å². The Balaban J connectivity index is 1.91. The summed E-state index contributed by atoms with van der Waals surface area (Å²) in [4.78, 5) is 12.3. The van der Waals surface area contributed by atoms with Crippen LogP contribution < -0.4 is 15.4 Å². The fourth-order valence-electron chi connectivity index (χ4n) is 2.01. The van der Waals surface area contributed by atoms with Gasteiger partial charge in [-0.05, 0) is 67.0 Å². The van der Waals surface area contributed by atoms with Crippen LogP contribution in [0.1, 0.15) is 30.6 Å². The fourth-order valence-corrected chi connectivity index (χ4v) is 2.22. The highest BCUT2D eigenvalue weighted by Gasteiger charge is 2.09. The summed E-state index contributed by atoms with van der Waals surface area (Å²) in [6.07, 6.45) is 0.947. The average Bonchev–Trinajstić information content (AvgIpc) is 2.57. The van der Waals surface area contributed by atoms with Gasteiger partial charge < -0.3 is 10.1 Å². The molecule has 0 radical (unpaired) electrons. The number of carbonyl (C=O) groups is 1. The Bertz CT molecular complexity index is 732. The summed E-state index contributed by atoms with van der Waals surface area (Å²) in [5, 5.41) is 5.57. The lowest BCUT2D eigenvalue weighted by molar-refractivity contribution is 0.0977. The summed E-state index contributed by atoms with van der Waals surface area (Å²) >= 11 is 5.11. The summed E-state index contributed by atoms with van der Waals surface area (Å²) in [7, 11) is 0. The number of rotatable bonds is 6. The van der Waals surface area contributed by atoms with Crippen LogP contribution in [-0.4, -0.2) is 17.6 Å². The van der Waals surface area contributed by atoms with Crippen molar-refractivity contribution in [3.05, 3.63) is 59.9 Å². The predicted molar refractivity (Wildman–Crippen MR) is 101 cm³/mol. The van der Waals surface area contributed by atoms with E-state index in [9.17, 15) is 9.18 Å². The van der Waals surface area contributed by atoms with Crippen LogP contribution in [0.2, 0.25) is 0 Å². The van der Waals surface area contributed by atoms with Crippen molar-refractivity contribution in [2.75, 3.05) is 11.9 Å². The number of carbonyl (C=O) groups excluding carboxylic acids is 1. The summed E-state index contributed by atoms with van der Waals surface area (Å²) < 4.78 is 18.5. The van der Waals surface area contributed by atoms with Crippen molar-refractivity contribution < 1.29 is 13.9 Å². The Kier molecular flexibility index (Phi) is 6.89. The fraction of sp³-hybridized carbons (Fsp3) is 0.263. The molecule has 0 saturated heterocycles. The van der Waals surface area contributed by atoms with E-state index in [-0.39, 0.29) is 16.8 Å². The zero-order valence-corrected chi connectivity index (χ0v) is 15.0. The topological polar surface area (TPSA) is 50.4 Å². The smallest absolute Gasteiger partial charge is 0.257 e. The SMILES string of the molecule is CC(C)CCOc1cccc(C(=O)NC(=S)Nc2ccc(F)cc2)c1. The van der Waals surface area contributed by atoms with Crippen LogP contribution in [-0.2, 0) is 0 Å². The van der Waals surface area contributed by atoms with E-state index < -0.39 is 0 Å². The van der Waals surface area contributed by atoms with E-state index in [1.165, 1.54) is 24.3 Å². The van der Waals surface area contributed by atoms with E-state index in [1.807, 2.05) is 6.07 Å². The minimum atomic E-state index is -0.339. The second-order valence-corrected chi connectivity index (χ2v) is 6.38. The van der Waals surface area contributed by atoms with Gasteiger partial charge in [-0.3, -0.25) is 10.1 Å². The number of anilines is 1. The molecule has 0 aliphatic carbocycles. The molecule has 2 aromatic rings. The lowest BCUT2D eigenvalue weighted by Crippen LogP contribution is -2.34. The van der Waals surface area contributed by atoms with Crippen molar-refractivity contribution in [1.82, 2.24) is 5.32 Å². The van der Waals surface area contributed by atoms with Crippen molar-refractivity contribution in [3.8, 4) is 5.75 Å². The highest BCUT2D eigenvalue weighted by atomic mass is 32.1. The standard InChI is InChI=1S/C19H21FN2O2S/c1-13(2)10-11-24-17-5-3-4-14(12-17)18(23)22-19(25)21-16-8-6-15(20)7-9-16/h3-9,12-13H,10-11H2,1-2H3,(H2,21,22,23,25). The molecule has 0 fully saturated rings. The van der Waals surface area contributed by atoms with Crippen molar-refractivity contribution >= 4 is 28.9 Å². The predicted octanol–water partition coefficient (Wildman–Crippen LogP) is 4.38. The molecule has 1 amide bonds. The maximum absolute atomic E-state index is 12.9. The zero-order valence-electron chi connectivity index (χ0n) is 14.2. The van der Waals surface area contributed by atoms with Gasteiger partial charge in [0.15, 0.2) is 5.11 Å². The van der Waals surface area contributed by atoms with Gasteiger partial charge in [-0.15, -0.1) is 0 Å². The van der Waals surface area contributed by atoms with Crippen molar-refractivity contribution in [1.29, 1.82) is 0 Å². The molecule has 0 heterocycles. The molecule has 0 atom stereocenters. The molecule has 0 aliphatic rings. The van der Waals surface area contributed by atoms with Crippen LogP contribution >= 0.6 is 12.2 Å². The molecule has 2 rings (SSSR count). The molecular weight excluding hydrogens is 339 g/mol. The van der Waals surface area contributed by atoms with Gasteiger partial charge in [-0.2, -0.15) is 0 Å². The van der Waals surface area contributed by atoms with Gasteiger partial charge in [0, 0.05) is 11.3 Å². The summed E-state index contributed by atoms with van der Waals surface area (Å²) in [5.41, 5.74) is 1.04. The Hall–Kier alpha value is -2.47. The van der Waals surface area contributed by atoms with E-state index in [4.69, 9.17) is 17.0 Å². The summed E-state index contributed by atoms with van der Waals surface area (Å²) in [6, 6.07) is 12.6. The number of nitrogens with one attached hydrogen (secondary N) is 2. The number of amides is 1. The number of thiocarbonyl (C=S) groups is 1. The van der Waals surface area contributed by atoms with E-state index in [2.05, 4.69) is 24.5 Å². The minimum Gasteiger partial charge on any atom is -0.494 e. The molecule has 0 saturated carbocycles. The Morgan fingerprint density at radius 3 is 2.60 bits per heavy atom. The zero-order chi connectivity index (χ0) is 18.2. The first-order valence-corrected chi connectivity index (χ1v) is 8.45. The van der Waals surface area contributed by atoms with Crippen LogP contribution in [0, 0.1) is 11.7 Å². The molecule has 4 nitrogen and oxygen atoms in total. The van der Waals surface area contributed by atoms with Gasteiger partial charge in [-0.25, -0.2) is 4.39 Å². The summed E-state index contributed by atoms with van der Waals surface area (Å²) in [5.74, 6) is 0.524. The third-order valence-electron chi connectivity index (χ3n) is 3.39. The number of hydrogen-bond donors (Lipinski definition) is 2. The van der Waals surface area contributed by atoms with E-state index >= 15 is 0 Å². The second-order valence-electron chi connectivity index (χ2n) is 5.97. The third kappa shape index (κ3) is 6.51. The average molecular weight is 360 g/mol. The number of halogens is 1. The largest absolute Gasteiger partial charge is 0.494 e. The molecule has 2 N–H and O–H groups in total. The maximum Gasteiger partial charge on any atom is 0.257 e. The van der Waals surface area contributed by atoms with Crippen LogP contribution in [0.25, 0.3) is 0 Å². The molecule has 132 valence electrons. The van der Waals surface area contributed by atoms with Crippen LogP contribution in [0.4, 0.5) is 10.1 Å². The lowest BCUT2D eigenvalue weighted by Gasteiger charge is -2.11. The van der Waals surface area contributed by atoms with Gasteiger partial charge in [-0.1, -0.05) is 19.9 Å². The molecule has 0 aliphatic heterocycles.